The molecule has 0 fully saturated rings. The second-order valence-electron chi connectivity index (χ2n) is 8.13. The molecule has 0 aliphatic rings. The van der Waals surface area contributed by atoms with Crippen molar-refractivity contribution in [2.24, 2.45) is 0 Å². The molecule has 0 spiro atoms. The lowest BCUT2D eigenvalue weighted by Crippen LogP contribution is -2.36. The van der Waals surface area contributed by atoms with Gasteiger partial charge in [0.25, 0.3) is 11.1 Å². The van der Waals surface area contributed by atoms with Crippen molar-refractivity contribution in [3.05, 3.63) is 71.8 Å². The number of aliphatic hydroxyl groups excluding tert-OH is 2. The average Bonchev–Trinajstić information content (AvgIpc) is 2.79. The molecule has 4 atom stereocenters. The van der Waals surface area contributed by atoms with Gasteiger partial charge in [-0.3, -0.25) is 9.59 Å². The number of nitrogens with zero attached hydrogens (tertiary/aromatic N) is 1. The van der Waals surface area contributed by atoms with Crippen LogP contribution in [0.3, 0.4) is 0 Å². The fourth-order valence-corrected chi connectivity index (χ4v) is 2.96. The summed E-state index contributed by atoms with van der Waals surface area (Å²) in [6.07, 6.45) is 0.851. The van der Waals surface area contributed by atoms with Crippen molar-refractivity contribution >= 4 is 22.8 Å². The highest BCUT2D eigenvalue weighted by atomic mass is 35.5. The maximum atomic E-state index is 12.0. The van der Waals surface area contributed by atoms with E-state index in [1.165, 1.54) is 0 Å². The van der Waals surface area contributed by atoms with E-state index in [1.54, 1.807) is 62.2 Å². The minimum absolute atomic E-state index is 0.00579. The summed E-state index contributed by atoms with van der Waals surface area (Å²) in [5.74, 6) is -0.00579. The molecule has 1 amide bonds. The van der Waals surface area contributed by atoms with Gasteiger partial charge in [-0.1, -0.05) is 48.5 Å². The molecular weight excluding hydrogens is 440 g/mol. The average molecular weight is 479 g/mol. The molecule has 0 aliphatic carbocycles. The van der Waals surface area contributed by atoms with Gasteiger partial charge in [-0.15, -0.1) is 0 Å². The molecule has 0 radical (unpaired) electrons. The fraction of sp³-hybridized carbons (Fsp3) is 0.462. The molecule has 2 aromatic carbocycles. The molecule has 184 valence electrons. The third kappa shape index (κ3) is 14.5. The lowest BCUT2D eigenvalue weighted by atomic mass is 10.1. The van der Waals surface area contributed by atoms with Crippen molar-refractivity contribution < 1.29 is 19.8 Å². The Kier molecular flexibility index (Phi) is 16.1. The first-order valence-corrected chi connectivity index (χ1v) is 11.5. The van der Waals surface area contributed by atoms with Gasteiger partial charge in [0.2, 0.25) is 0 Å². The summed E-state index contributed by atoms with van der Waals surface area (Å²) in [5, 5.41) is 20.7. The van der Waals surface area contributed by atoms with Crippen LogP contribution in [-0.2, 0) is 0 Å². The van der Waals surface area contributed by atoms with E-state index < -0.39 is 5.24 Å². The van der Waals surface area contributed by atoms with Crippen molar-refractivity contribution in [1.29, 1.82) is 0 Å². The maximum absolute atomic E-state index is 12.0. The van der Waals surface area contributed by atoms with E-state index in [9.17, 15) is 14.7 Å². The topological polar surface area (TPSA) is 89.9 Å². The van der Waals surface area contributed by atoms with Crippen molar-refractivity contribution in [1.82, 2.24) is 10.2 Å². The third-order valence-corrected chi connectivity index (χ3v) is 5.09. The predicted molar refractivity (Wildman–Crippen MR) is 136 cm³/mol. The van der Waals surface area contributed by atoms with E-state index in [-0.39, 0.29) is 24.2 Å². The summed E-state index contributed by atoms with van der Waals surface area (Å²) in [5.41, 5.74) is 1.22. The van der Waals surface area contributed by atoms with E-state index in [4.69, 9.17) is 16.7 Å². The third-order valence-electron chi connectivity index (χ3n) is 4.87. The normalized spacial score (nSPS) is 13.7. The Morgan fingerprint density at radius 2 is 1.27 bits per heavy atom. The van der Waals surface area contributed by atoms with E-state index >= 15 is 0 Å². The minimum Gasteiger partial charge on any atom is -0.393 e. The number of aliphatic hydroxyl groups is 2. The lowest BCUT2D eigenvalue weighted by Gasteiger charge is -2.26. The Bertz CT molecular complexity index is 785. The smallest absolute Gasteiger partial charge is 0.253 e. The van der Waals surface area contributed by atoms with Crippen LogP contribution in [0.5, 0.6) is 0 Å². The second kappa shape index (κ2) is 17.3. The number of halogens is 1. The molecule has 2 rings (SSSR count). The number of hydrogen-bond donors (Lipinski definition) is 3. The molecule has 0 bridgehead atoms. The SMILES string of the molecule is CC(O)CC(C)N(C)C(=O)c1ccccc1.CNC(C)CC(C)O.O=C(Cl)c1ccccc1. The highest BCUT2D eigenvalue weighted by Crippen LogP contribution is 2.10. The number of amides is 1. The number of carbonyl (C=O) groups excluding carboxylic acids is 2. The first-order valence-electron chi connectivity index (χ1n) is 11.1. The van der Waals surface area contributed by atoms with Crippen LogP contribution in [0.25, 0.3) is 0 Å². The van der Waals surface area contributed by atoms with Crippen LogP contribution in [0.2, 0.25) is 0 Å². The molecule has 0 saturated heterocycles. The molecule has 7 heteroatoms. The van der Waals surface area contributed by atoms with Crippen LogP contribution in [0.4, 0.5) is 0 Å². The van der Waals surface area contributed by atoms with Gasteiger partial charge in [0.05, 0.1) is 12.2 Å². The molecule has 2 aromatic rings. The molecule has 33 heavy (non-hydrogen) atoms. The largest absolute Gasteiger partial charge is 0.393 e. The molecule has 0 saturated carbocycles. The summed E-state index contributed by atoms with van der Waals surface area (Å²) < 4.78 is 0. The number of benzene rings is 2. The van der Waals surface area contributed by atoms with Crippen LogP contribution in [-0.4, -0.2) is 64.6 Å². The zero-order chi connectivity index (χ0) is 25.4. The Labute approximate surface area is 203 Å². The number of nitrogens with one attached hydrogen (secondary N) is 1. The Hall–Kier alpha value is -2.25. The van der Waals surface area contributed by atoms with E-state index in [1.807, 2.05) is 45.2 Å². The van der Waals surface area contributed by atoms with Crippen LogP contribution in [0.1, 0.15) is 61.3 Å². The van der Waals surface area contributed by atoms with Gasteiger partial charge in [-0.2, -0.15) is 0 Å². The van der Waals surface area contributed by atoms with Crippen LogP contribution in [0, 0.1) is 0 Å². The van der Waals surface area contributed by atoms with Crippen molar-refractivity contribution in [2.75, 3.05) is 14.1 Å². The van der Waals surface area contributed by atoms with Gasteiger partial charge in [0, 0.05) is 30.3 Å². The zero-order valence-corrected chi connectivity index (χ0v) is 21.3. The molecule has 6 nitrogen and oxygen atoms in total. The molecule has 0 heterocycles. The Morgan fingerprint density at radius 1 is 0.848 bits per heavy atom. The van der Waals surface area contributed by atoms with Gasteiger partial charge in [-0.25, -0.2) is 0 Å². The van der Waals surface area contributed by atoms with Crippen molar-refractivity contribution in [3.63, 3.8) is 0 Å². The minimum atomic E-state index is -0.407. The number of carbonyl (C=O) groups is 2. The van der Waals surface area contributed by atoms with Gasteiger partial charge in [0.1, 0.15) is 0 Å². The van der Waals surface area contributed by atoms with Gasteiger partial charge in [0.15, 0.2) is 0 Å². The quantitative estimate of drug-likeness (QED) is 0.491. The van der Waals surface area contributed by atoms with E-state index in [0.29, 0.717) is 23.6 Å². The summed E-state index contributed by atoms with van der Waals surface area (Å²) in [4.78, 5) is 24.1. The van der Waals surface area contributed by atoms with Crippen molar-refractivity contribution in [3.8, 4) is 0 Å². The van der Waals surface area contributed by atoms with E-state index in [0.717, 1.165) is 6.42 Å². The standard InChI is InChI=1S/C13H19NO2.C7H5ClO.C6H15NO/c1-10(9-11(2)15)14(3)13(16)12-7-5-4-6-8-12;8-7(9)6-4-2-1-3-5-6;1-5(7-3)4-6(2)8/h4-8,10-11,15H,9H2,1-3H3;1-5H;5-8H,4H2,1-3H3. The molecule has 0 aromatic heterocycles. The van der Waals surface area contributed by atoms with E-state index in [2.05, 4.69) is 5.32 Å². The number of hydrogen-bond acceptors (Lipinski definition) is 5. The van der Waals surface area contributed by atoms with Crippen LogP contribution < -0.4 is 5.32 Å². The predicted octanol–water partition coefficient (Wildman–Crippen LogP) is 4.35. The number of rotatable bonds is 8. The van der Waals surface area contributed by atoms with Gasteiger partial charge < -0.3 is 20.4 Å². The summed E-state index contributed by atoms with van der Waals surface area (Å²) in [7, 11) is 3.66. The highest BCUT2D eigenvalue weighted by molar-refractivity contribution is 6.67. The summed E-state index contributed by atoms with van der Waals surface area (Å²) >= 11 is 5.16. The molecular formula is C26H39ClN2O4. The fourth-order valence-electron chi connectivity index (χ4n) is 2.84. The second-order valence-corrected chi connectivity index (χ2v) is 8.47. The van der Waals surface area contributed by atoms with Crippen molar-refractivity contribution in [2.45, 2.75) is 64.8 Å². The van der Waals surface area contributed by atoms with Crippen LogP contribution in [0.15, 0.2) is 60.7 Å². The Morgan fingerprint density at radius 3 is 1.58 bits per heavy atom. The summed E-state index contributed by atoms with van der Waals surface area (Å²) in [6, 6.07) is 18.4. The van der Waals surface area contributed by atoms with Crippen LogP contribution >= 0.6 is 11.6 Å². The first-order chi connectivity index (χ1) is 15.5. The Balaban J connectivity index is 0.000000511. The monoisotopic (exact) mass is 478 g/mol. The molecule has 4 unspecified atom stereocenters. The maximum Gasteiger partial charge on any atom is 0.253 e. The first kappa shape index (κ1) is 30.8. The molecule has 0 aliphatic heterocycles. The summed E-state index contributed by atoms with van der Waals surface area (Å²) in [6.45, 7) is 7.52. The van der Waals surface area contributed by atoms with Gasteiger partial charge >= 0.3 is 0 Å². The zero-order valence-electron chi connectivity index (χ0n) is 20.5. The lowest BCUT2D eigenvalue weighted by molar-refractivity contribution is 0.0686. The highest BCUT2D eigenvalue weighted by Gasteiger charge is 2.18. The van der Waals surface area contributed by atoms with Gasteiger partial charge in [-0.05, 0) is 71.3 Å². The molecule has 3 N–H and O–H groups in total.